The van der Waals surface area contributed by atoms with E-state index >= 15 is 0 Å². The third-order valence-corrected chi connectivity index (χ3v) is 1.68. The fraction of sp³-hybridized carbons (Fsp3) is 0. The first-order valence-electron chi connectivity index (χ1n) is 3.29. The molecule has 2 aromatic heterocycles. The SMILES string of the molecule is Nc1ncnc2cc(Cl)cnc12. The van der Waals surface area contributed by atoms with E-state index in [1.54, 1.807) is 6.07 Å². The first-order chi connectivity index (χ1) is 5.77. The molecular formula is C7H5ClN4. The molecule has 0 saturated carbocycles. The monoisotopic (exact) mass is 180 g/mol. The lowest BCUT2D eigenvalue weighted by Crippen LogP contribution is -1.94. The van der Waals surface area contributed by atoms with E-state index in [0.717, 1.165) is 0 Å². The topological polar surface area (TPSA) is 64.7 Å². The minimum absolute atomic E-state index is 0.372. The molecule has 0 bridgehead atoms. The second-order valence-electron chi connectivity index (χ2n) is 2.28. The highest BCUT2D eigenvalue weighted by molar-refractivity contribution is 6.31. The zero-order valence-electron chi connectivity index (χ0n) is 6.03. The Kier molecular flexibility index (Phi) is 1.55. The number of aromatic nitrogens is 3. The maximum absolute atomic E-state index is 5.71. The lowest BCUT2D eigenvalue weighted by molar-refractivity contribution is 1.20. The van der Waals surface area contributed by atoms with E-state index in [-0.39, 0.29) is 0 Å². The molecular weight excluding hydrogens is 176 g/mol. The second-order valence-corrected chi connectivity index (χ2v) is 2.72. The van der Waals surface area contributed by atoms with Gasteiger partial charge >= 0.3 is 0 Å². The van der Waals surface area contributed by atoms with Gasteiger partial charge in [-0.05, 0) is 6.07 Å². The summed E-state index contributed by atoms with van der Waals surface area (Å²) in [6.07, 6.45) is 2.90. The molecule has 12 heavy (non-hydrogen) atoms. The highest BCUT2D eigenvalue weighted by Crippen LogP contribution is 2.16. The first kappa shape index (κ1) is 7.24. The molecule has 0 aliphatic heterocycles. The normalized spacial score (nSPS) is 10.4. The number of nitrogen functional groups attached to an aromatic ring is 1. The molecule has 2 N–H and O–H groups in total. The molecule has 60 valence electrons. The van der Waals surface area contributed by atoms with Crippen molar-refractivity contribution in [3.05, 3.63) is 23.6 Å². The Hall–Kier alpha value is -1.42. The van der Waals surface area contributed by atoms with E-state index in [9.17, 15) is 0 Å². The standard InChI is InChI=1S/C7H5ClN4/c8-4-1-5-6(10-2-4)7(9)12-3-11-5/h1-3H,(H2,9,11,12). The second kappa shape index (κ2) is 2.57. The van der Waals surface area contributed by atoms with Crippen LogP contribution in [-0.2, 0) is 0 Å². The van der Waals surface area contributed by atoms with Gasteiger partial charge in [0.25, 0.3) is 0 Å². The Bertz CT molecular complexity index is 429. The van der Waals surface area contributed by atoms with Gasteiger partial charge in [-0.1, -0.05) is 11.6 Å². The van der Waals surface area contributed by atoms with Gasteiger partial charge in [0.15, 0.2) is 5.82 Å². The molecule has 0 unspecified atom stereocenters. The smallest absolute Gasteiger partial charge is 0.153 e. The molecule has 4 nitrogen and oxygen atoms in total. The van der Waals surface area contributed by atoms with Crippen LogP contribution in [0.1, 0.15) is 0 Å². The summed E-state index contributed by atoms with van der Waals surface area (Å²) in [6.45, 7) is 0. The fourth-order valence-corrected chi connectivity index (χ4v) is 1.09. The van der Waals surface area contributed by atoms with Crippen LogP contribution in [0.3, 0.4) is 0 Å². The lowest BCUT2D eigenvalue weighted by atomic mass is 10.3. The van der Waals surface area contributed by atoms with Crippen molar-refractivity contribution < 1.29 is 0 Å². The van der Waals surface area contributed by atoms with Gasteiger partial charge in [0.2, 0.25) is 0 Å². The Labute approximate surface area is 73.4 Å². The minimum Gasteiger partial charge on any atom is -0.382 e. The number of hydrogen-bond acceptors (Lipinski definition) is 4. The van der Waals surface area contributed by atoms with Crippen molar-refractivity contribution >= 4 is 28.5 Å². The number of fused-ring (bicyclic) bond motifs is 1. The molecule has 0 amide bonds. The predicted molar refractivity (Wildman–Crippen MR) is 46.8 cm³/mol. The summed E-state index contributed by atoms with van der Waals surface area (Å²) in [4.78, 5) is 11.8. The first-order valence-corrected chi connectivity index (χ1v) is 3.67. The van der Waals surface area contributed by atoms with Crippen LogP contribution in [-0.4, -0.2) is 15.0 Å². The summed E-state index contributed by atoms with van der Waals surface area (Å²) in [5, 5.41) is 0.542. The molecule has 0 saturated heterocycles. The van der Waals surface area contributed by atoms with E-state index in [1.807, 2.05) is 0 Å². The Morgan fingerprint density at radius 2 is 2.08 bits per heavy atom. The van der Waals surface area contributed by atoms with Crippen LogP contribution in [0.4, 0.5) is 5.82 Å². The van der Waals surface area contributed by atoms with Crippen LogP contribution < -0.4 is 5.73 Å². The molecule has 0 fully saturated rings. The maximum atomic E-state index is 5.71. The van der Waals surface area contributed by atoms with Gasteiger partial charge in [0.05, 0.1) is 10.5 Å². The molecule has 0 radical (unpaired) electrons. The summed E-state index contributed by atoms with van der Waals surface area (Å²) >= 11 is 5.71. The van der Waals surface area contributed by atoms with Crippen LogP contribution >= 0.6 is 11.6 Å². The molecule has 2 heterocycles. The molecule has 0 aliphatic carbocycles. The highest BCUT2D eigenvalue weighted by atomic mass is 35.5. The summed E-state index contributed by atoms with van der Waals surface area (Å²) < 4.78 is 0. The third kappa shape index (κ3) is 1.06. The molecule has 2 rings (SSSR count). The highest BCUT2D eigenvalue weighted by Gasteiger charge is 2.00. The quantitative estimate of drug-likeness (QED) is 0.663. The molecule has 2 aromatic rings. The number of hydrogen-bond donors (Lipinski definition) is 1. The molecule has 0 spiro atoms. The number of anilines is 1. The molecule has 5 heteroatoms. The summed E-state index contributed by atoms with van der Waals surface area (Å²) in [5.41, 5.74) is 6.80. The molecule has 0 aliphatic rings. The average molecular weight is 181 g/mol. The van der Waals surface area contributed by atoms with Gasteiger partial charge in [-0.3, -0.25) is 0 Å². The maximum Gasteiger partial charge on any atom is 0.153 e. The fourth-order valence-electron chi connectivity index (χ4n) is 0.939. The van der Waals surface area contributed by atoms with Crippen molar-refractivity contribution in [2.45, 2.75) is 0 Å². The van der Waals surface area contributed by atoms with Crippen molar-refractivity contribution in [3.63, 3.8) is 0 Å². The lowest BCUT2D eigenvalue weighted by Gasteiger charge is -1.97. The Balaban J connectivity index is 2.86. The van der Waals surface area contributed by atoms with Crippen LogP contribution in [0.2, 0.25) is 5.02 Å². The minimum atomic E-state index is 0.372. The van der Waals surface area contributed by atoms with E-state index in [2.05, 4.69) is 15.0 Å². The number of rotatable bonds is 0. The van der Waals surface area contributed by atoms with E-state index in [1.165, 1.54) is 12.5 Å². The summed E-state index contributed by atoms with van der Waals surface area (Å²) in [7, 11) is 0. The zero-order valence-corrected chi connectivity index (χ0v) is 6.78. The number of nitrogens with zero attached hydrogens (tertiary/aromatic N) is 3. The van der Waals surface area contributed by atoms with Gasteiger partial charge in [-0.15, -0.1) is 0 Å². The van der Waals surface area contributed by atoms with Crippen LogP contribution in [0.15, 0.2) is 18.6 Å². The van der Waals surface area contributed by atoms with Crippen LogP contribution in [0.25, 0.3) is 11.0 Å². The van der Waals surface area contributed by atoms with Crippen molar-refractivity contribution in [1.82, 2.24) is 15.0 Å². The average Bonchev–Trinajstić information content (AvgIpc) is 2.04. The van der Waals surface area contributed by atoms with E-state index in [4.69, 9.17) is 17.3 Å². The van der Waals surface area contributed by atoms with Gasteiger partial charge in [-0.2, -0.15) is 0 Å². The van der Waals surface area contributed by atoms with Crippen molar-refractivity contribution in [2.75, 3.05) is 5.73 Å². The zero-order chi connectivity index (χ0) is 8.55. The van der Waals surface area contributed by atoms with E-state index < -0.39 is 0 Å². The number of nitrogens with two attached hydrogens (primary N) is 1. The van der Waals surface area contributed by atoms with Crippen molar-refractivity contribution in [1.29, 1.82) is 0 Å². The van der Waals surface area contributed by atoms with Crippen LogP contribution in [0.5, 0.6) is 0 Å². The predicted octanol–water partition coefficient (Wildman–Crippen LogP) is 1.26. The number of pyridine rings is 1. The number of halogens is 1. The molecule has 0 aromatic carbocycles. The van der Waals surface area contributed by atoms with Gasteiger partial charge in [0.1, 0.15) is 11.8 Å². The Morgan fingerprint density at radius 3 is 2.92 bits per heavy atom. The van der Waals surface area contributed by atoms with Gasteiger partial charge < -0.3 is 5.73 Å². The largest absolute Gasteiger partial charge is 0.382 e. The molecule has 0 atom stereocenters. The van der Waals surface area contributed by atoms with Crippen LogP contribution in [0, 0.1) is 0 Å². The van der Waals surface area contributed by atoms with E-state index in [0.29, 0.717) is 21.9 Å². The summed E-state index contributed by atoms with van der Waals surface area (Å²) in [5.74, 6) is 0.372. The van der Waals surface area contributed by atoms with Crippen molar-refractivity contribution in [3.8, 4) is 0 Å². The Morgan fingerprint density at radius 1 is 1.25 bits per heavy atom. The van der Waals surface area contributed by atoms with Gasteiger partial charge in [-0.25, -0.2) is 15.0 Å². The third-order valence-electron chi connectivity index (χ3n) is 1.47. The van der Waals surface area contributed by atoms with Gasteiger partial charge in [0, 0.05) is 6.20 Å². The summed E-state index contributed by atoms with van der Waals surface area (Å²) in [6, 6.07) is 1.70. The van der Waals surface area contributed by atoms with Crippen molar-refractivity contribution in [2.24, 2.45) is 0 Å².